The summed E-state index contributed by atoms with van der Waals surface area (Å²) in [6.45, 7) is 4.31. The molecule has 1 rings (SSSR count). The van der Waals surface area contributed by atoms with Gasteiger partial charge in [0.1, 0.15) is 5.75 Å². The minimum atomic E-state index is -3.41. The predicted molar refractivity (Wildman–Crippen MR) is 96.9 cm³/mol. The van der Waals surface area contributed by atoms with Crippen molar-refractivity contribution in [2.75, 3.05) is 24.2 Å². The smallest absolute Gasteiger partial charge is 0.232 e. The molecule has 0 aliphatic carbocycles. The minimum absolute atomic E-state index is 0.0425. The first-order valence-corrected chi connectivity index (χ1v) is 10.0. The van der Waals surface area contributed by atoms with E-state index in [0.29, 0.717) is 24.3 Å². The van der Waals surface area contributed by atoms with Crippen LogP contribution in [0.5, 0.6) is 5.75 Å². The lowest BCUT2D eigenvalue weighted by molar-refractivity contribution is -0.121. The Hall–Kier alpha value is -1.76. The molecule has 1 atom stereocenters. The van der Waals surface area contributed by atoms with Gasteiger partial charge >= 0.3 is 0 Å². The summed E-state index contributed by atoms with van der Waals surface area (Å²) >= 11 is 0. The van der Waals surface area contributed by atoms with Crippen molar-refractivity contribution in [3.8, 4) is 5.75 Å². The highest BCUT2D eigenvalue weighted by Gasteiger charge is 2.18. The average molecular weight is 356 g/mol. The predicted octanol–water partition coefficient (Wildman–Crippen LogP) is 2.55. The second kappa shape index (κ2) is 9.52. The standard InChI is InChI=1S/C17H28N2O4S/c1-5-7-14(2)18-17(20)8-6-13-19(24(4,21)22)15-9-11-16(23-3)12-10-15/h9-12,14H,5-8,13H2,1-4H3,(H,18,20)/t14-/m0/s1. The van der Waals surface area contributed by atoms with Crippen molar-refractivity contribution in [1.29, 1.82) is 0 Å². The first-order valence-electron chi connectivity index (χ1n) is 8.19. The van der Waals surface area contributed by atoms with Gasteiger partial charge in [0, 0.05) is 19.0 Å². The summed E-state index contributed by atoms with van der Waals surface area (Å²) in [7, 11) is -1.85. The molecular formula is C17H28N2O4S. The first-order chi connectivity index (χ1) is 11.3. The van der Waals surface area contributed by atoms with E-state index in [1.807, 2.05) is 6.92 Å². The lowest BCUT2D eigenvalue weighted by atomic mass is 10.2. The highest BCUT2D eigenvalue weighted by atomic mass is 32.2. The molecule has 24 heavy (non-hydrogen) atoms. The Balaban J connectivity index is 2.63. The van der Waals surface area contributed by atoms with E-state index in [9.17, 15) is 13.2 Å². The second-order valence-electron chi connectivity index (χ2n) is 5.89. The maximum atomic E-state index is 12.0. The molecule has 0 spiro atoms. The molecule has 0 aliphatic rings. The molecule has 0 heterocycles. The quantitative estimate of drug-likeness (QED) is 0.699. The van der Waals surface area contributed by atoms with Crippen LogP contribution in [0.25, 0.3) is 0 Å². The molecule has 6 nitrogen and oxygen atoms in total. The summed E-state index contributed by atoms with van der Waals surface area (Å²) in [5.74, 6) is 0.621. The van der Waals surface area contributed by atoms with E-state index in [1.54, 1.807) is 31.4 Å². The Kier molecular flexibility index (Phi) is 8.04. The number of hydrogen-bond donors (Lipinski definition) is 1. The van der Waals surface area contributed by atoms with Crippen molar-refractivity contribution >= 4 is 21.6 Å². The van der Waals surface area contributed by atoms with Gasteiger partial charge in [-0.3, -0.25) is 9.10 Å². The normalized spacial score (nSPS) is 12.5. The fourth-order valence-electron chi connectivity index (χ4n) is 2.47. The van der Waals surface area contributed by atoms with Gasteiger partial charge in [0.05, 0.1) is 19.1 Å². The number of rotatable bonds is 10. The Morgan fingerprint density at radius 3 is 2.42 bits per heavy atom. The summed E-state index contributed by atoms with van der Waals surface area (Å²) in [6, 6.07) is 6.97. The van der Waals surface area contributed by atoms with Crippen LogP contribution in [0.4, 0.5) is 5.69 Å². The van der Waals surface area contributed by atoms with Crippen LogP contribution in [0.3, 0.4) is 0 Å². The first kappa shape index (κ1) is 20.3. The molecule has 1 aromatic rings. The number of carbonyl (C=O) groups is 1. The largest absolute Gasteiger partial charge is 0.497 e. The van der Waals surface area contributed by atoms with Gasteiger partial charge < -0.3 is 10.1 Å². The summed E-state index contributed by atoms with van der Waals surface area (Å²) < 4.78 is 30.4. The van der Waals surface area contributed by atoms with Gasteiger partial charge in [-0.2, -0.15) is 0 Å². The zero-order chi connectivity index (χ0) is 18.2. The number of carbonyl (C=O) groups excluding carboxylic acids is 1. The van der Waals surface area contributed by atoms with Crippen LogP contribution in [0.15, 0.2) is 24.3 Å². The molecule has 0 aromatic heterocycles. The molecule has 1 aromatic carbocycles. The van der Waals surface area contributed by atoms with Crippen molar-refractivity contribution in [3.05, 3.63) is 24.3 Å². The highest BCUT2D eigenvalue weighted by Crippen LogP contribution is 2.21. The number of ether oxygens (including phenoxy) is 1. The van der Waals surface area contributed by atoms with Crippen LogP contribution in [-0.2, 0) is 14.8 Å². The number of nitrogens with zero attached hydrogens (tertiary/aromatic N) is 1. The van der Waals surface area contributed by atoms with Gasteiger partial charge in [-0.05, 0) is 44.0 Å². The molecule has 1 amide bonds. The van der Waals surface area contributed by atoms with Gasteiger partial charge in [0.2, 0.25) is 15.9 Å². The van der Waals surface area contributed by atoms with Crippen molar-refractivity contribution in [2.45, 2.75) is 45.6 Å². The molecule has 0 radical (unpaired) electrons. The zero-order valence-electron chi connectivity index (χ0n) is 14.9. The number of hydrogen-bond acceptors (Lipinski definition) is 4. The van der Waals surface area contributed by atoms with Crippen LogP contribution in [0.2, 0.25) is 0 Å². The van der Waals surface area contributed by atoms with Crippen molar-refractivity contribution < 1.29 is 17.9 Å². The third-order valence-electron chi connectivity index (χ3n) is 3.65. The lowest BCUT2D eigenvalue weighted by Crippen LogP contribution is -2.34. The third kappa shape index (κ3) is 6.78. The highest BCUT2D eigenvalue weighted by molar-refractivity contribution is 7.92. The zero-order valence-corrected chi connectivity index (χ0v) is 15.7. The van der Waals surface area contributed by atoms with Crippen LogP contribution in [-0.4, -0.2) is 40.3 Å². The molecule has 1 N–H and O–H groups in total. The van der Waals surface area contributed by atoms with E-state index in [1.165, 1.54) is 10.6 Å². The SMILES string of the molecule is CCC[C@H](C)NC(=O)CCCN(c1ccc(OC)cc1)S(C)(=O)=O. The fraction of sp³-hybridized carbons (Fsp3) is 0.588. The topological polar surface area (TPSA) is 75.7 Å². The molecule has 0 unspecified atom stereocenters. The van der Waals surface area contributed by atoms with Gasteiger partial charge in [0.15, 0.2) is 0 Å². The van der Waals surface area contributed by atoms with E-state index in [2.05, 4.69) is 12.2 Å². The van der Waals surface area contributed by atoms with E-state index < -0.39 is 10.0 Å². The van der Waals surface area contributed by atoms with Crippen LogP contribution >= 0.6 is 0 Å². The molecule has 0 aliphatic heterocycles. The van der Waals surface area contributed by atoms with Gasteiger partial charge in [-0.1, -0.05) is 13.3 Å². The second-order valence-corrected chi connectivity index (χ2v) is 7.80. The number of sulfonamides is 1. The number of benzene rings is 1. The van der Waals surface area contributed by atoms with Crippen LogP contribution in [0, 0.1) is 0 Å². The molecule has 0 fully saturated rings. The van der Waals surface area contributed by atoms with Crippen LogP contribution in [0.1, 0.15) is 39.5 Å². The molecule has 7 heteroatoms. The summed E-state index contributed by atoms with van der Waals surface area (Å²) in [6.07, 6.45) is 3.88. The van der Waals surface area contributed by atoms with Gasteiger partial charge in [0.25, 0.3) is 0 Å². The maximum Gasteiger partial charge on any atom is 0.232 e. The van der Waals surface area contributed by atoms with Crippen molar-refractivity contribution in [1.82, 2.24) is 5.32 Å². The Bertz CT molecular complexity index is 614. The molecular weight excluding hydrogens is 328 g/mol. The fourth-order valence-corrected chi connectivity index (χ4v) is 3.44. The molecule has 136 valence electrons. The van der Waals surface area contributed by atoms with Crippen molar-refractivity contribution in [2.24, 2.45) is 0 Å². The number of amides is 1. The summed E-state index contributed by atoms with van der Waals surface area (Å²) in [5.41, 5.74) is 0.568. The van der Waals surface area contributed by atoms with Gasteiger partial charge in [-0.25, -0.2) is 8.42 Å². The molecule has 0 saturated carbocycles. The van der Waals surface area contributed by atoms with E-state index in [0.717, 1.165) is 12.8 Å². The number of nitrogens with one attached hydrogen (secondary N) is 1. The summed E-state index contributed by atoms with van der Waals surface area (Å²) in [5, 5.41) is 2.92. The Labute approximate surface area is 145 Å². The monoisotopic (exact) mass is 356 g/mol. The van der Waals surface area contributed by atoms with E-state index in [-0.39, 0.29) is 18.5 Å². The Morgan fingerprint density at radius 1 is 1.29 bits per heavy atom. The molecule has 0 saturated heterocycles. The maximum absolute atomic E-state index is 12.0. The van der Waals surface area contributed by atoms with Crippen LogP contribution < -0.4 is 14.4 Å². The van der Waals surface area contributed by atoms with E-state index in [4.69, 9.17) is 4.74 Å². The Morgan fingerprint density at radius 2 is 1.92 bits per heavy atom. The lowest BCUT2D eigenvalue weighted by Gasteiger charge is -2.22. The molecule has 0 bridgehead atoms. The van der Waals surface area contributed by atoms with E-state index >= 15 is 0 Å². The van der Waals surface area contributed by atoms with Gasteiger partial charge in [-0.15, -0.1) is 0 Å². The summed E-state index contributed by atoms with van der Waals surface area (Å²) in [4.78, 5) is 11.9. The number of methoxy groups -OCH3 is 1. The third-order valence-corrected chi connectivity index (χ3v) is 4.85. The van der Waals surface area contributed by atoms with Crippen molar-refractivity contribution in [3.63, 3.8) is 0 Å². The average Bonchev–Trinajstić information content (AvgIpc) is 2.50. The minimum Gasteiger partial charge on any atom is -0.497 e. The number of anilines is 1.